The Morgan fingerprint density at radius 3 is 2.15 bits per heavy atom. The van der Waals surface area contributed by atoms with E-state index in [1.165, 1.54) is 38.5 Å². The van der Waals surface area contributed by atoms with Gasteiger partial charge in [-0.1, -0.05) is 12.8 Å². The van der Waals surface area contributed by atoms with E-state index in [4.69, 9.17) is 9.47 Å². The molecule has 0 heterocycles. The Hall–Kier alpha value is -1.25. The Bertz CT molecular complexity index is 462. The third kappa shape index (κ3) is 3.25. The molecular weight excluding hydrogens is 255 g/mol. The fourth-order valence-electron chi connectivity index (χ4n) is 2.79. The van der Waals surface area contributed by atoms with Crippen molar-refractivity contribution in [2.24, 2.45) is 11.8 Å². The zero-order chi connectivity index (χ0) is 13.9. The van der Waals surface area contributed by atoms with Gasteiger partial charge in [0.1, 0.15) is 5.75 Å². The molecular formula is C17H23FO2. The zero-order valence-corrected chi connectivity index (χ0v) is 12.2. The number of ether oxygens (including phenoxy) is 2. The van der Waals surface area contributed by atoms with E-state index in [9.17, 15) is 4.39 Å². The number of hydrogen-bond acceptors (Lipinski definition) is 2. The van der Waals surface area contributed by atoms with Crippen LogP contribution < -0.4 is 9.47 Å². The van der Waals surface area contributed by atoms with Gasteiger partial charge in [0, 0.05) is 5.56 Å². The molecule has 0 N–H and O–H groups in total. The van der Waals surface area contributed by atoms with Crippen molar-refractivity contribution >= 4 is 0 Å². The quantitative estimate of drug-likeness (QED) is 0.763. The minimum Gasteiger partial charge on any atom is -0.493 e. The van der Waals surface area contributed by atoms with E-state index >= 15 is 0 Å². The molecule has 3 heteroatoms. The minimum atomic E-state index is -0.267. The van der Waals surface area contributed by atoms with E-state index in [1.54, 1.807) is 13.0 Å². The van der Waals surface area contributed by atoms with E-state index in [2.05, 4.69) is 0 Å². The highest BCUT2D eigenvalue weighted by Gasteiger charge is 2.23. The first-order chi connectivity index (χ1) is 9.74. The highest BCUT2D eigenvalue weighted by Crippen LogP contribution is 2.33. The van der Waals surface area contributed by atoms with Crippen molar-refractivity contribution in [2.75, 3.05) is 13.2 Å². The summed E-state index contributed by atoms with van der Waals surface area (Å²) >= 11 is 0. The predicted molar refractivity (Wildman–Crippen MR) is 76.8 cm³/mol. The average Bonchev–Trinajstić information content (AvgIpc) is 3.13. The zero-order valence-electron chi connectivity index (χ0n) is 12.2. The molecule has 0 atom stereocenters. The first-order valence-electron chi connectivity index (χ1n) is 7.78. The molecule has 0 amide bonds. The number of rotatable bonds is 6. The topological polar surface area (TPSA) is 18.5 Å². The summed E-state index contributed by atoms with van der Waals surface area (Å²) in [6.45, 7) is 3.11. The Morgan fingerprint density at radius 1 is 0.950 bits per heavy atom. The molecule has 2 aliphatic carbocycles. The van der Waals surface area contributed by atoms with Gasteiger partial charge in [-0.2, -0.15) is 0 Å². The minimum absolute atomic E-state index is 0.267. The molecule has 3 rings (SSSR count). The van der Waals surface area contributed by atoms with Gasteiger partial charge in [0.25, 0.3) is 0 Å². The van der Waals surface area contributed by atoms with Crippen LogP contribution >= 0.6 is 0 Å². The first kappa shape index (κ1) is 13.7. The molecule has 0 aromatic heterocycles. The maximum Gasteiger partial charge on any atom is 0.171 e. The maximum absolute atomic E-state index is 14.3. The van der Waals surface area contributed by atoms with Crippen molar-refractivity contribution in [3.8, 4) is 11.5 Å². The third-order valence-corrected chi connectivity index (χ3v) is 4.42. The molecule has 2 aliphatic rings. The number of benzene rings is 1. The molecule has 0 saturated heterocycles. The molecule has 2 fully saturated rings. The molecule has 0 radical (unpaired) electrons. The van der Waals surface area contributed by atoms with Crippen molar-refractivity contribution in [3.63, 3.8) is 0 Å². The van der Waals surface area contributed by atoms with Crippen LogP contribution in [-0.4, -0.2) is 13.2 Å². The van der Waals surface area contributed by atoms with E-state index in [0.29, 0.717) is 42.1 Å². The second-order valence-electron chi connectivity index (χ2n) is 6.22. The first-order valence-corrected chi connectivity index (χ1v) is 7.78. The van der Waals surface area contributed by atoms with Gasteiger partial charge >= 0.3 is 0 Å². The van der Waals surface area contributed by atoms with Crippen LogP contribution in [0.25, 0.3) is 0 Å². The van der Waals surface area contributed by atoms with Crippen molar-refractivity contribution < 1.29 is 13.9 Å². The molecule has 2 nitrogen and oxygen atoms in total. The Labute approximate surface area is 120 Å². The van der Waals surface area contributed by atoms with E-state index in [0.717, 1.165) is 0 Å². The summed E-state index contributed by atoms with van der Waals surface area (Å²) in [5.41, 5.74) is 0.564. The lowest BCUT2D eigenvalue weighted by atomic mass is 10.1. The predicted octanol–water partition coefficient (Wildman–Crippen LogP) is 4.49. The summed E-state index contributed by atoms with van der Waals surface area (Å²) < 4.78 is 25.6. The van der Waals surface area contributed by atoms with E-state index in [-0.39, 0.29) is 5.82 Å². The molecule has 1 aromatic rings. The summed E-state index contributed by atoms with van der Waals surface area (Å²) in [4.78, 5) is 0. The van der Waals surface area contributed by atoms with Crippen molar-refractivity contribution in [1.29, 1.82) is 0 Å². The monoisotopic (exact) mass is 278 g/mol. The van der Waals surface area contributed by atoms with Crippen LogP contribution in [0, 0.1) is 24.6 Å². The lowest BCUT2D eigenvalue weighted by Crippen LogP contribution is -2.10. The largest absolute Gasteiger partial charge is 0.493 e. The number of halogens is 1. The maximum atomic E-state index is 14.3. The standard InChI is InChI=1S/C17H23FO2/c1-12-15(19-11-14-6-7-14)8-9-16(17(12)18)20-10-13-4-2-3-5-13/h8-9,13-14H,2-7,10-11H2,1H3. The molecule has 1 aromatic carbocycles. The fraction of sp³-hybridized carbons (Fsp3) is 0.647. The molecule has 0 aliphatic heterocycles. The molecule has 20 heavy (non-hydrogen) atoms. The lowest BCUT2D eigenvalue weighted by Gasteiger charge is -2.15. The number of hydrogen-bond donors (Lipinski definition) is 0. The van der Waals surface area contributed by atoms with Crippen LogP contribution in [0.3, 0.4) is 0 Å². The summed E-state index contributed by atoms with van der Waals surface area (Å²) in [6.07, 6.45) is 7.47. The van der Waals surface area contributed by atoms with Gasteiger partial charge in [-0.05, 0) is 56.6 Å². The van der Waals surface area contributed by atoms with Gasteiger partial charge in [-0.25, -0.2) is 4.39 Å². The van der Waals surface area contributed by atoms with Gasteiger partial charge in [-0.3, -0.25) is 0 Å². The Morgan fingerprint density at radius 2 is 1.50 bits per heavy atom. The Kier molecular flexibility index (Phi) is 4.13. The van der Waals surface area contributed by atoms with Crippen LogP contribution in [0.15, 0.2) is 12.1 Å². The van der Waals surface area contributed by atoms with Gasteiger partial charge in [0.05, 0.1) is 13.2 Å². The second kappa shape index (κ2) is 6.02. The van der Waals surface area contributed by atoms with Crippen molar-refractivity contribution in [2.45, 2.75) is 45.4 Å². The molecule has 2 saturated carbocycles. The summed E-state index contributed by atoms with van der Waals surface area (Å²) in [6, 6.07) is 3.55. The highest BCUT2D eigenvalue weighted by atomic mass is 19.1. The van der Waals surface area contributed by atoms with Crippen LogP contribution in [0.2, 0.25) is 0 Å². The van der Waals surface area contributed by atoms with Crippen LogP contribution in [-0.2, 0) is 0 Å². The second-order valence-corrected chi connectivity index (χ2v) is 6.22. The summed E-state index contributed by atoms with van der Waals surface area (Å²) in [5.74, 6) is 2.03. The van der Waals surface area contributed by atoms with Crippen LogP contribution in [0.1, 0.15) is 44.1 Å². The molecule has 0 unspecified atom stereocenters. The molecule has 0 bridgehead atoms. The van der Waals surface area contributed by atoms with Crippen molar-refractivity contribution in [3.05, 3.63) is 23.5 Å². The normalized spacial score (nSPS) is 19.3. The third-order valence-electron chi connectivity index (χ3n) is 4.42. The molecule has 110 valence electrons. The molecule has 0 spiro atoms. The smallest absolute Gasteiger partial charge is 0.171 e. The fourth-order valence-corrected chi connectivity index (χ4v) is 2.79. The highest BCUT2D eigenvalue weighted by molar-refractivity contribution is 5.41. The van der Waals surface area contributed by atoms with Crippen LogP contribution in [0.4, 0.5) is 4.39 Å². The average molecular weight is 278 g/mol. The van der Waals surface area contributed by atoms with Crippen molar-refractivity contribution in [1.82, 2.24) is 0 Å². The summed E-state index contributed by atoms with van der Waals surface area (Å²) in [5, 5.41) is 0. The summed E-state index contributed by atoms with van der Waals surface area (Å²) in [7, 11) is 0. The van der Waals surface area contributed by atoms with E-state index < -0.39 is 0 Å². The van der Waals surface area contributed by atoms with Gasteiger partial charge < -0.3 is 9.47 Å². The van der Waals surface area contributed by atoms with E-state index in [1.807, 2.05) is 6.07 Å². The van der Waals surface area contributed by atoms with Gasteiger partial charge in [0.15, 0.2) is 11.6 Å². The van der Waals surface area contributed by atoms with Crippen LogP contribution in [0.5, 0.6) is 11.5 Å². The van der Waals surface area contributed by atoms with Gasteiger partial charge in [-0.15, -0.1) is 0 Å². The Balaban J connectivity index is 1.60. The lowest BCUT2D eigenvalue weighted by molar-refractivity contribution is 0.239. The SMILES string of the molecule is Cc1c(OCC2CC2)ccc(OCC2CCCC2)c1F. The van der Waals surface area contributed by atoms with Gasteiger partial charge in [0.2, 0.25) is 0 Å².